The largest absolute Gasteiger partial charge is 0.395 e. The maximum atomic E-state index is 12.4. The molecule has 3 nitrogen and oxygen atoms in total. The van der Waals surface area contributed by atoms with E-state index in [4.69, 9.17) is 16.7 Å². The molecular weight excluding hydrogens is 250 g/mol. The van der Waals surface area contributed by atoms with Crippen molar-refractivity contribution in [2.75, 3.05) is 19.7 Å². The first-order valence-corrected chi connectivity index (χ1v) is 6.64. The Hall–Kier alpha value is -1.06. The summed E-state index contributed by atoms with van der Waals surface area (Å²) in [5.41, 5.74) is 1.52. The van der Waals surface area contributed by atoms with E-state index in [1.54, 1.807) is 17.0 Å². The summed E-state index contributed by atoms with van der Waals surface area (Å²) in [6, 6.07) is 5.30. The fraction of sp³-hybridized carbons (Fsp3) is 0.500. The summed E-state index contributed by atoms with van der Waals surface area (Å²) in [4.78, 5) is 14.1. The van der Waals surface area contributed by atoms with Crippen molar-refractivity contribution in [3.8, 4) is 0 Å². The summed E-state index contributed by atoms with van der Waals surface area (Å²) in [5.74, 6) is -0.0579. The Morgan fingerprint density at radius 1 is 1.39 bits per heavy atom. The van der Waals surface area contributed by atoms with E-state index in [1.165, 1.54) is 0 Å². The second kappa shape index (κ2) is 7.39. The molecule has 0 aliphatic heterocycles. The first-order chi connectivity index (χ1) is 8.60. The van der Waals surface area contributed by atoms with Crippen molar-refractivity contribution < 1.29 is 9.90 Å². The van der Waals surface area contributed by atoms with Gasteiger partial charge in [-0.1, -0.05) is 31.0 Å². The molecule has 1 aromatic carbocycles. The molecule has 1 rings (SSSR count). The highest BCUT2D eigenvalue weighted by Crippen LogP contribution is 2.17. The molecule has 0 aliphatic carbocycles. The number of carbonyl (C=O) groups excluding carboxylic acids is 1. The summed E-state index contributed by atoms with van der Waals surface area (Å²) in [5, 5.41) is 9.59. The maximum Gasteiger partial charge on any atom is 0.254 e. The summed E-state index contributed by atoms with van der Waals surface area (Å²) >= 11 is 5.93. The number of benzene rings is 1. The molecule has 0 fully saturated rings. The van der Waals surface area contributed by atoms with Crippen molar-refractivity contribution in [1.82, 2.24) is 4.90 Å². The van der Waals surface area contributed by atoms with Crippen LogP contribution in [-0.4, -0.2) is 35.6 Å². The van der Waals surface area contributed by atoms with Gasteiger partial charge in [-0.05, 0) is 31.0 Å². The van der Waals surface area contributed by atoms with Gasteiger partial charge in [-0.25, -0.2) is 0 Å². The SMILES string of the molecule is CCCCN(CCO)C(=O)c1cc(Cl)ccc1C. The number of hydrogen-bond acceptors (Lipinski definition) is 2. The maximum absolute atomic E-state index is 12.4. The quantitative estimate of drug-likeness (QED) is 0.863. The zero-order valence-corrected chi connectivity index (χ0v) is 11.7. The third kappa shape index (κ3) is 4.00. The third-order valence-corrected chi connectivity index (χ3v) is 3.10. The molecule has 1 aromatic rings. The second-order valence-electron chi connectivity index (χ2n) is 4.33. The minimum absolute atomic E-state index is 0.0188. The number of aryl methyl sites for hydroxylation is 1. The van der Waals surface area contributed by atoms with Gasteiger partial charge in [0.25, 0.3) is 5.91 Å². The van der Waals surface area contributed by atoms with Crippen LogP contribution in [0.25, 0.3) is 0 Å². The van der Waals surface area contributed by atoms with E-state index in [2.05, 4.69) is 6.92 Å². The topological polar surface area (TPSA) is 40.5 Å². The van der Waals surface area contributed by atoms with Crippen LogP contribution >= 0.6 is 11.6 Å². The van der Waals surface area contributed by atoms with Gasteiger partial charge in [0.15, 0.2) is 0 Å². The molecule has 18 heavy (non-hydrogen) atoms. The van der Waals surface area contributed by atoms with E-state index >= 15 is 0 Å². The molecule has 0 aliphatic rings. The molecule has 0 radical (unpaired) electrons. The molecule has 0 heterocycles. The highest BCUT2D eigenvalue weighted by molar-refractivity contribution is 6.31. The minimum Gasteiger partial charge on any atom is -0.395 e. The van der Waals surface area contributed by atoms with Crippen LogP contribution in [0.5, 0.6) is 0 Å². The zero-order valence-electron chi connectivity index (χ0n) is 10.9. The average molecular weight is 270 g/mol. The van der Waals surface area contributed by atoms with Crippen LogP contribution < -0.4 is 0 Å². The smallest absolute Gasteiger partial charge is 0.254 e. The Morgan fingerprint density at radius 3 is 2.72 bits per heavy atom. The summed E-state index contributed by atoms with van der Waals surface area (Å²) < 4.78 is 0. The average Bonchev–Trinajstić information content (AvgIpc) is 2.36. The minimum atomic E-state index is -0.0579. The zero-order chi connectivity index (χ0) is 13.5. The molecule has 0 aromatic heterocycles. The van der Waals surface area contributed by atoms with Gasteiger partial charge in [-0.2, -0.15) is 0 Å². The van der Waals surface area contributed by atoms with E-state index in [1.807, 2.05) is 13.0 Å². The molecule has 0 saturated carbocycles. The van der Waals surface area contributed by atoms with Gasteiger partial charge >= 0.3 is 0 Å². The van der Waals surface area contributed by atoms with Crippen molar-refractivity contribution in [3.63, 3.8) is 0 Å². The van der Waals surface area contributed by atoms with Crippen molar-refractivity contribution in [2.24, 2.45) is 0 Å². The van der Waals surface area contributed by atoms with Crippen molar-refractivity contribution in [1.29, 1.82) is 0 Å². The Kier molecular flexibility index (Phi) is 6.16. The first kappa shape index (κ1) is 15.0. The van der Waals surface area contributed by atoms with Crippen LogP contribution in [0.4, 0.5) is 0 Å². The summed E-state index contributed by atoms with van der Waals surface area (Å²) in [7, 11) is 0. The number of amides is 1. The second-order valence-corrected chi connectivity index (χ2v) is 4.77. The van der Waals surface area contributed by atoms with Gasteiger partial charge in [0.05, 0.1) is 6.61 Å². The number of unbranched alkanes of at least 4 members (excludes halogenated alkanes) is 1. The van der Waals surface area contributed by atoms with Crippen molar-refractivity contribution >= 4 is 17.5 Å². The van der Waals surface area contributed by atoms with Gasteiger partial charge in [-0.3, -0.25) is 4.79 Å². The lowest BCUT2D eigenvalue weighted by molar-refractivity contribution is 0.0718. The third-order valence-electron chi connectivity index (χ3n) is 2.87. The standard InChI is InChI=1S/C14H20ClNO2/c1-3-4-7-16(8-9-17)14(18)13-10-12(15)6-5-11(13)2/h5-6,10,17H,3-4,7-9H2,1-2H3. The van der Waals surface area contributed by atoms with Crippen LogP contribution in [-0.2, 0) is 0 Å². The fourth-order valence-electron chi connectivity index (χ4n) is 1.78. The highest BCUT2D eigenvalue weighted by atomic mass is 35.5. The van der Waals surface area contributed by atoms with Crippen LogP contribution in [0.1, 0.15) is 35.7 Å². The Morgan fingerprint density at radius 2 is 2.11 bits per heavy atom. The lowest BCUT2D eigenvalue weighted by Gasteiger charge is -2.22. The van der Waals surface area contributed by atoms with Gasteiger partial charge in [-0.15, -0.1) is 0 Å². The van der Waals surface area contributed by atoms with Crippen molar-refractivity contribution in [3.05, 3.63) is 34.3 Å². The number of hydrogen-bond donors (Lipinski definition) is 1. The number of carbonyl (C=O) groups is 1. The molecule has 0 unspecified atom stereocenters. The number of aliphatic hydroxyl groups excluding tert-OH is 1. The Labute approximate surface area is 113 Å². The number of aliphatic hydroxyl groups is 1. The molecule has 0 spiro atoms. The summed E-state index contributed by atoms with van der Waals surface area (Å²) in [6.07, 6.45) is 1.95. The van der Waals surface area contributed by atoms with E-state index in [9.17, 15) is 4.79 Å². The predicted molar refractivity (Wildman–Crippen MR) is 74.1 cm³/mol. The lowest BCUT2D eigenvalue weighted by atomic mass is 10.1. The van der Waals surface area contributed by atoms with Crippen LogP contribution in [0.3, 0.4) is 0 Å². The van der Waals surface area contributed by atoms with Crippen LogP contribution in [0.2, 0.25) is 5.02 Å². The molecule has 4 heteroatoms. The molecule has 0 bridgehead atoms. The highest BCUT2D eigenvalue weighted by Gasteiger charge is 2.17. The fourth-order valence-corrected chi connectivity index (χ4v) is 1.95. The van der Waals surface area contributed by atoms with Gasteiger partial charge in [0, 0.05) is 23.7 Å². The van der Waals surface area contributed by atoms with Crippen LogP contribution in [0, 0.1) is 6.92 Å². The van der Waals surface area contributed by atoms with Gasteiger partial charge in [0.1, 0.15) is 0 Å². The van der Waals surface area contributed by atoms with Crippen molar-refractivity contribution in [2.45, 2.75) is 26.7 Å². The lowest BCUT2D eigenvalue weighted by Crippen LogP contribution is -2.34. The Bertz CT molecular complexity index is 407. The van der Waals surface area contributed by atoms with E-state index in [-0.39, 0.29) is 12.5 Å². The van der Waals surface area contributed by atoms with Gasteiger partial charge in [0.2, 0.25) is 0 Å². The normalized spacial score (nSPS) is 10.4. The van der Waals surface area contributed by atoms with Crippen LogP contribution in [0.15, 0.2) is 18.2 Å². The van der Waals surface area contributed by atoms with E-state index < -0.39 is 0 Å². The molecular formula is C14H20ClNO2. The van der Waals surface area contributed by atoms with Gasteiger partial charge < -0.3 is 10.0 Å². The molecule has 0 saturated heterocycles. The molecule has 1 N–H and O–H groups in total. The monoisotopic (exact) mass is 269 g/mol. The first-order valence-electron chi connectivity index (χ1n) is 6.26. The number of nitrogens with zero attached hydrogens (tertiary/aromatic N) is 1. The molecule has 100 valence electrons. The summed E-state index contributed by atoms with van der Waals surface area (Å²) in [6.45, 7) is 4.98. The van der Waals surface area contributed by atoms with E-state index in [0.29, 0.717) is 23.7 Å². The van der Waals surface area contributed by atoms with E-state index in [0.717, 1.165) is 18.4 Å². The number of rotatable bonds is 6. The predicted octanol–water partition coefficient (Wildman–Crippen LogP) is 2.88. The molecule has 0 atom stereocenters. The molecule has 1 amide bonds. The number of halogens is 1. The Balaban J connectivity index is 2.90.